The van der Waals surface area contributed by atoms with Crippen molar-refractivity contribution in [1.82, 2.24) is 9.97 Å². The standard InChI is InChI=1S/C13H15N3OSi/c1-18(2)17-13-6-4-3-5-12(13)15-9-11-7-8-14-10-16-11/h3-10,18H,1-2H3. The van der Waals surface area contributed by atoms with Gasteiger partial charge in [0.1, 0.15) is 17.8 Å². The zero-order chi connectivity index (χ0) is 12.8. The molecular formula is C13H15N3OSi. The first-order chi connectivity index (χ1) is 8.75. The number of hydrogen-bond acceptors (Lipinski definition) is 4. The third-order valence-corrected chi connectivity index (χ3v) is 2.89. The maximum absolute atomic E-state index is 5.83. The zero-order valence-electron chi connectivity index (χ0n) is 10.4. The highest BCUT2D eigenvalue weighted by molar-refractivity contribution is 6.49. The molecule has 1 aromatic carbocycles. The number of aliphatic imine (C=N–C) groups is 1. The molecule has 2 rings (SSSR count). The van der Waals surface area contributed by atoms with Gasteiger partial charge in [-0.05, 0) is 31.3 Å². The van der Waals surface area contributed by atoms with E-state index in [1.54, 1.807) is 12.4 Å². The summed E-state index contributed by atoms with van der Waals surface area (Å²) in [4.78, 5) is 12.4. The molecule has 0 spiro atoms. The van der Waals surface area contributed by atoms with Gasteiger partial charge in [-0.25, -0.2) is 9.97 Å². The van der Waals surface area contributed by atoms with Crippen molar-refractivity contribution in [1.29, 1.82) is 0 Å². The van der Waals surface area contributed by atoms with Crippen molar-refractivity contribution in [3.8, 4) is 5.75 Å². The van der Waals surface area contributed by atoms with E-state index in [0.717, 1.165) is 17.1 Å². The van der Waals surface area contributed by atoms with Crippen molar-refractivity contribution in [3.63, 3.8) is 0 Å². The Balaban J connectivity index is 2.21. The second-order valence-corrected chi connectivity index (χ2v) is 6.36. The van der Waals surface area contributed by atoms with Crippen molar-refractivity contribution in [2.24, 2.45) is 4.99 Å². The lowest BCUT2D eigenvalue weighted by Crippen LogP contribution is -2.11. The maximum atomic E-state index is 5.83. The Bertz CT molecular complexity index is 529. The third kappa shape index (κ3) is 3.49. The zero-order valence-corrected chi connectivity index (χ0v) is 11.6. The molecule has 0 amide bonds. The van der Waals surface area contributed by atoms with Crippen LogP contribution in [0.5, 0.6) is 5.75 Å². The van der Waals surface area contributed by atoms with Gasteiger partial charge in [-0.3, -0.25) is 4.99 Å². The minimum absolute atomic E-state index is 0.779. The minimum atomic E-state index is -1.12. The normalized spacial score (nSPS) is 11.1. The summed E-state index contributed by atoms with van der Waals surface area (Å²) in [6.45, 7) is 4.26. The molecule has 0 radical (unpaired) electrons. The predicted molar refractivity (Wildman–Crippen MR) is 75.2 cm³/mol. The molecule has 0 bridgehead atoms. The number of benzene rings is 1. The topological polar surface area (TPSA) is 47.4 Å². The molecule has 4 nitrogen and oxygen atoms in total. The first-order valence-corrected chi connectivity index (χ1v) is 8.59. The van der Waals surface area contributed by atoms with Crippen LogP contribution in [0, 0.1) is 0 Å². The van der Waals surface area contributed by atoms with Crippen LogP contribution < -0.4 is 4.43 Å². The van der Waals surface area contributed by atoms with E-state index in [1.165, 1.54) is 6.33 Å². The lowest BCUT2D eigenvalue weighted by molar-refractivity contribution is 0.582. The molecule has 0 saturated heterocycles. The Labute approximate surface area is 108 Å². The van der Waals surface area contributed by atoms with Crippen LogP contribution in [0.1, 0.15) is 5.69 Å². The van der Waals surface area contributed by atoms with E-state index in [-0.39, 0.29) is 0 Å². The average Bonchev–Trinajstić information content (AvgIpc) is 2.38. The minimum Gasteiger partial charge on any atom is -0.546 e. The Hall–Kier alpha value is -2.01. The van der Waals surface area contributed by atoms with Gasteiger partial charge in [0.2, 0.25) is 9.04 Å². The molecule has 0 aliphatic rings. The smallest absolute Gasteiger partial charge is 0.229 e. The van der Waals surface area contributed by atoms with Gasteiger partial charge >= 0.3 is 0 Å². The molecule has 5 heteroatoms. The average molecular weight is 257 g/mol. The first kappa shape index (κ1) is 12.4. The van der Waals surface area contributed by atoms with Crippen LogP contribution in [0.25, 0.3) is 0 Å². The van der Waals surface area contributed by atoms with E-state index in [1.807, 2.05) is 30.3 Å². The molecule has 1 aromatic heterocycles. The maximum Gasteiger partial charge on any atom is 0.229 e. The van der Waals surface area contributed by atoms with Gasteiger partial charge in [-0.2, -0.15) is 0 Å². The molecule has 0 aliphatic heterocycles. The molecule has 0 unspecified atom stereocenters. The lowest BCUT2D eigenvalue weighted by Gasteiger charge is -2.11. The Kier molecular flexibility index (Phi) is 4.19. The van der Waals surface area contributed by atoms with E-state index < -0.39 is 9.04 Å². The van der Waals surface area contributed by atoms with Crippen LogP contribution in [0.3, 0.4) is 0 Å². The third-order valence-electron chi connectivity index (χ3n) is 2.17. The number of aromatic nitrogens is 2. The van der Waals surface area contributed by atoms with Crippen molar-refractivity contribution >= 4 is 20.9 Å². The predicted octanol–water partition coefficient (Wildman–Crippen LogP) is 2.59. The number of hydrogen-bond donors (Lipinski definition) is 0. The molecule has 0 saturated carbocycles. The molecule has 0 atom stereocenters. The number of nitrogens with zero attached hydrogens (tertiary/aromatic N) is 3. The van der Waals surface area contributed by atoms with Crippen molar-refractivity contribution < 1.29 is 4.43 Å². The summed E-state index contributed by atoms with van der Waals surface area (Å²) >= 11 is 0. The number of rotatable bonds is 4. The molecule has 0 N–H and O–H groups in total. The van der Waals surface area contributed by atoms with Crippen molar-refractivity contribution in [2.75, 3.05) is 0 Å². The van der Waals surface area contributed by atoms with Crippen molar-refractivity contribution in [2.45, 2.75) is 13.1 Å². The highest BCUT2D eigenvalue weighted by atomic mass is 28.3. The van der Waals surface area contributed by atoms with Crippen molar-refractivity contribution in [3.05, 3.63) is 48.5 Å². The van der Waals surface area contributed by atoms with Crippen LogP contribution in [0.2, 0.25) is 13.1 Å². The lowest BCUT2D eigenvalue weighted by atomic mass is 10.3. The second kappa shape index (κ2) is 6.06. The summed E-state index contributed by atoms with van der Waals surface area (Å²) in [5.74, 6) is 0.837. The monoisotopic (exact) mass is 257 g/mol. The van der Waals surface area contributed by atoms with Crippen LogP contribution in [-0.2, 0) is 0 Å². The van der Waals surface area contributed by atoms with E-state index in [2.05, 4.69) is 28.1 Å². The van der Waals surface area contributed by atoms with Gasteiger partial charge in [0, 0.05) is 6.20 Å². The Morgan fingerprint density at radius 1 is 1.22 bits per heavy atom. The van der Waals surface area contributed by atoms with E-state index >= 15 is 0 Å². The summed E-state index contributed by atoms with van der Waals surface area (Å²) in [6, 6.07) is 9.59. The molecule has 18 heavy (non-hydrogen) atoms. The number of para-hydroxylation sites is 2. The van der Waals surface area contributed by atoms with E-state index in [4.69, 9.17) is 4.43 Å². The Morgan fingerprint density at radius 2 is 2.06 bits per heavy atom. The van der Waals surface area contributed by atoms with Crippen LogP contribution in [0.15, 0.2) is 47.8 Å². The largest absolute Gasteiger partial charge is 0.546 e. The molecular weight excluding hydrogens is 242 g/mol. The van der Waals surface area contributed by atoms with Gasteiger partial charge in [0.05, 0.1) is 11.9 Å². The van der Waals surface area contributed by atoms with Crippen LogP contribution >= 0.6 is 0 Å². The second-order valence-electron chi connectivity index (χ2n) is 4.03. The van der Waals surface area contributed by atoms with Gasteiger partial charge in [-0.15, -0.1) is 0 Å². The summed E-state index contributed by atoms with van der Waals surface area (Å²) < 4.78 is 5.83. The van der Waals surface area contributed by atoms with E-state index in [9.17, 15) is 0 Å². The molecule has 0 fully saturated rings. The quantitative estimate of drug-likeness (QED) is 0.625. The summed E-state index contributed by atoms with van der Waals surface area (Å²) in [6.07, 6.45) is 4.91. The van der Waals surface area contributed by atoms with Crippen LogP contribution in [0.4, 0.5) is 5.69 Å². The van der Waals surface area contributed by atoms with Gasteiger partial charge < -0.3 is 4.43 Å². The summed E-state index contributed by atoms with van der Waals surface area (Å²) in [5, 5.41) is 0. The molecule has 1 heterocycles. The highest BCUT2D eigenvalue weighted by Gasteiger charge is 2.03. The fraction of sp³-hybridized carbons (Fsp3) is 0.154. The first-order valence-electron chi connectivity index (χ1n) is 5.81. The van der Waals surface area contributed by atoms with Gasteiger partial charge in [0.15, 0.2) is 0 Å². The molecule has 0 aliphatic carbocycles. The van der Waals surface area contributed by atoms with E-state index in [0.29, 0.717) is 0 Å². The van der Waals surface area contributed by atoms with Gasteiger partial charge in [0.25, 0.3) is 0 Å². The SMILES string of the molecule is C[SiH](C)Oc1ccccc1N=Cc1ccncn1. The summed E-state index contributed by atoms with van der Waals surface area (Å²) in [7, 11) is -1.12. The van der Waals surface area contributed by atoms with Gasteiger partial charge in [-0.1, -0.05) is 12.1 Å². The molecule has 92 valence electrons. The highest BCUT2D eigenvalue weighted by Crippen LogP contribution is 2.27. The Morgan fingerprint density at radius 3 is 2.78 bits per heavy atom. The fourth-order valence-electron chi connectivity index (χ4n) is 1.43. The summed E-state index contributed by atoms with van der Waals surface area (Å²) in [5.41, 5.74) is 1.61. The molecule has 2 aromatic rings. The fourth-order valence-corrected chi connectivity index (χ4v) is 2.14. The van der Waals surface area contributed by atoms with Crippen LogP contribution in [-0.4, -0.2) is 25.2 Å².